The number of aliphatic hydroxyl groups is 1. The molecule has 1 N–H and O–H groups in total. The molecule has 0 radical (unpaired) electrons. The van der Waals surface area contributed by atoms with Gasteiger partial charge in [0.1, 0.15) is 0 Å². The highest BCUT2D eigenvalue weighted by Crippen LogP contribution is 2.12. The van der Waals surface area contributed by atoms with Gasteiger partial charge < -0.3 is 10.0 Å². The molecule has 1 aromatic rings. The van der Waals surface area contributed by atoms with E-state index in [1.54, 1.807) is 11.3 Å². The smallest absolute Gasteiger partial charge is 0.255 e. The number of nitrogens with zero attached hydrogens (tertiary/aromatic N) is 1. The Bertz CT molecular complexity index is 344. The minimum Gasteiger partial charge on any atom is -0.395 e. The monoisotopic (exact) mass is 277 g/mol. The third kappa shape index (κ3) is 5.55. The number of rotatable bonds is 8. The predicted molar refractivity (Wildman–Crippen MR) is 66.9 cm³/mol. The fourth-order valence-electron chi connectivity index (χ4n) is 1.63. The number of carbonyl (C=O) groups excluding carboxylic acids is 1. The number of halogens is 2. The summed E-state index contributed by atoms with van der Waals surface area (Å²) in [5.41, 5.74) is 0. The number of thiophene rings is 1. The molecular weight excluding hydrogens is 260 g/mol. The van der Waals surface area contributed by atoms with Crippen molar-refractivity contribution < 1.29 is 18.7 Å². The topological polar surface area (TPSA) is 40.5 Å². The van der Waals surface area contributed by atoms with Crippen LogP contribution < -0.4 is 0 Å². The van der Waals surface area contributed by atoms with E-state index >= 15 is 0 Å². The van der Waals surface area contributed by atoms with Crippen molar-refractivity contribution in [1.82, 2.24) is 4.90 Å². The molecule has 1 rings (SSSR count). The number of hydrogen-bond acceptors (Lipinski definition) is 3. The number of alkyl halides is 2. The van der Waals surface area contributed by atoms with Gasteiger partial charge in [0.25, 0.3) is 6.43 Å². The number of amides is 1. The van der Waals surface area contributed by atoms with Gasteiger partial charge in [-0.25, -0.2) is 8.78 Å². The van der Waals surface area contributed by atoms with E-state index in [4.69, 9.17) is 5.11 Å². The Kier molecular flexibility index (Phi) is 6.82. The van der Waals surface area contributed by atoms with Crippen LogP contribution in [0.15, 0.2) is 17.5 Å². The summed E-state index contributed by atoms with van der Waals surface area (Å²) >= 11 is 1.62. The van der Waals surface area contributed by atoms with Crippen LogP contribution in [-0.4, -0.2) is 42.0 Å². The first-order chi connectivity index (χ1) is 8.63. The van der Waals surface area contributed by atoms with E-state index in [0.717, 1.165) is 11.3 Å². The molecule has 0 aliphatic rings. The highest BCUT2D eigenvalue weighted by Gasteiger charge is 2.17. The zero-order valence-corrected chi connectivity index (χ0v) is 10.8. The van der Waals surface area contributed by atoms with Crippen LogP contribution in [0.4, 0.5) is 8.78 Å². The van der Waals surface area contributed by atoms with E-state index in [2.05, 4.69) is 0 Å². The Hall–Kier alpha value is -1.01. The average Bonchev–Trinajstić information content (AvgIpc) is 2.81. The molecule has 6 heteroatoms. The van der Waals surface area contributed by atoms with Gasteiger partial charge in [-0.05, 0) is 24.3 Å². The van der Waals surface area contributed by atoms with Crippen molar-refractivity contribution in [3.63, 3.8) is 0 Å². The largest absolute Gasteiger partial charge is 0.395 e. The summed E-state index contributed by atoms with van der Waals surface area (Å²) in [5, 5.41) is 10.7. The third-order valence-electron chi connectivity index (χ3n) is 2.47. The lowest BCUT2D eigenvalue weighted by Crippen LogP contribution is -2.37. The lowest BCUT2D eigenvalue weighted by Gasteiger charge is -2.21. The fourth-order valence-corrected chi connectivity index (χ4v) is 2.38. The summed E-state index contributed by atoms with van der Waals surface area (Å²) in [6, 6.07) is 3.93. The van der Waals surface area contributed by atoms with Crippen molar-refractivity contribution >= 4 is 17.2 Å². The molecule has 0 atom stereocenters. The second-order valence-corrected chi connectivity index (χ2v) is 4.92. The fraction of sp³-hybridized carbons (Fsp3) is 0.583. The number of aryl methyl sites for hydroxylation is 1. The molecule has 0 saturated carbocycles. The summed E-state index contributed by atoms with van der Waals surface area (Å²) in [4.78, 5) is 13.9. The minimum absolute atomic E-state index is 0.0256. The van der Waals surface area contributed by atoms with Gasteiger partial charge in [0.05, 0.1) is 13.2 Å². The number of aliphatic hydroxyl groups excluding tert-OH is 1. The zero-order chi connectivity index (χ0) is 13.4. The summed E-state index contributed by atoms with van der Waals surface area (Å²) < 4.78 is 24.5. The van der Waals surface area contributed by atoms with Gasteiger partial charge in [0, 0.05) is 17.8 Å². The first-order valence-electron chi connectivity index (χ1n) is 5.82. The number of carbonyl (C=O) groups is 1. The molecule has 0 saturated heterocycles. The van der Waals surface area contributed by atoms with E-state index in [9.17, 15) is 13.6 Å². The molecule has 102 valence electrons. The van der Waals surface area contributed by atoms with Crippen LogP contribution in [-0.2, 0) is 11.2 Å². The van der Waals surface area contributed by atoms with Gasteiger partial charge >= 0.3 is 0 Å². The summed E-state index contributed by atoms with van der Waals surface area (Å²) in [7, 11) is 0. The van der Waals surface area contributed by atoms with Crippen molar-refractivity contribution in [2.45, 2.75) is 25.7 Å². The van der Waals surface area contributed by atoms with Crippen molar-refractivity contribution in [1.29, 1.82) is 0 Å². The summed E-state index contributed by atoms with van der Waals surface area (Å²) in [6.45, 7) is -0.913. The Morgan fingerprint density at radius 2 is 2.28 bits per heavy atom. The van der Waals surface area contributed by atoms with Gasteiger partial charge in [-0.1, -0.05) is 6.07 Å². The molecule has 1 amide bonds. The highest BCUT2D eigenvalue weighted by molar-refractivity contribution is 7.09. The summed E-state index contributed by atoms with van der Waals surface area (Å²) in [5.74, 6) is -0.319. The van der Waals surface area contributed by atoms with Gasteiger partial charge in [0.15, 0.2) is 0 Å². The molecule has 3 nitrogen and oxygen atoms in total. The van der Waals surface area contributed by atoms with Crippen molar-refractivity contribution in [3.8, 4) is 0 Å². The minimum atomic E-state index is -2.56. The van der Waals surface area contributed by atoms with Crippen LogP contribution in [0.5, 0.6) is 0 Å². The van der Waals surface area contributed by atoms with Gasteiger partial charge in [-0.3, -0.25) is 4.79 Å². The highest BCUT2D eigenvalue weighted by atomic mass is 32.1. The van der Waals surface area contributed by atoms with Crippen LogP contribution in [0, 0.1) is 0 Å². The van der Waals surface area contributed by atoms with Crippen LogP contribution >= 0.6 is 11.3 Å². The quantitative estimate of drug-likeness (QED) is 0.791. The Labute approximate surface area is 109 Å². The first-order valence-corrected chi connectivity index (χ1v) is 6.70. The van der Waals surface area contributed by atoms with Crippen molar-refractivity contribution in [3.05, 3.63) is 22.4 Å². The molecule has 0 aromatic carbocycles. The SMILES string of the molecule is O=C(CCCc1cccs1)N(CCO)CC(F)F. The molecule has 0 unspecified atom stereocenters. The normalized spacial score (nSPS) is 10.9. The molecule has 0 aliphatic heterocycles. The molecule has 1 aromatic heterocycles. The molecule has 18 heavy (non-hydrogen) atoms. The maximum atomic E-state index is 12.2. The molecular formula is C12H17F2NO2S. The molecule has 0 fully saturated rings. The third-order valence-corrected chi connectivity index (χ3v) is 3.41. The van der Waals surface area contributed by atoms with Gasteiger partial charge in [-0.2, -0.15) is 0 Å². The van der Waals surface area contributed by atoms with Crippen molar-refractivity contribution in [2.75, 3.05) is 19.7 Å². The standard InChI is InChI=1S/C12H17F2NO2S/c13-11(14)9-15(6-7-16)12(17)5-1-3-10-4-2-8-18-10/h2,4,8,11,16H,1,3,5-7,9H2. The molecule has 0 aliphatic carbocycles. The predicted octanol–water partition coefficient (Wildman–Crippen LogP) is 2.16. The first kappa shape index (κ1) is 15.0. The van der Waals surface area contributed by atoms with Crippen LogP contribution in [0.25, 0.3) is 0 Å². The zero-order valence-electron chi connectivity index (χ0n) is 10.0. The van der Waals surface area contributed by atoms with E-state index in [1.165, 1.54) is 4.88 Å². The maximum absolute atomic E-state index is 12.2. The van der Waals surface area contributed by atoms with E-state index in [1.807, 2.05) is 17.5 Å². The van der Waals surface area contributed by atoms with E-state index in [-0.39, 0.29) is 25.5 Å². The maximum Gasteiger partial charge on any atom is 0.255 e. The molecule has 1 heterocycles. The Morgan fingerprint density at radius 3 is 2.83 bits per heavy atom. The van der Waals surface area contributed by atoms with E-state index < -0.39 is 13.0 Å². The van der Waals surface area contributed by atoms with Crippen LogP contribution in [0.1, 0.15) is 17.7 Å². The van der Waals surface area contributed by atoms with Crippen molar-refractivity contribution in [2.24, 2.45) is 0 Å². The second kappa shape index (κ2) is 8.16. The Morgan fingerprint density at radius 1 is 1.50 bits per heavy atom. The van der Waals surface area contributed by atoms with Crippen LogP contribution in [0.3, 0.4) is 0 Å². The lowest BCUT2D eigenvalue weighted by molar-refractivity contribution is -0.133. The van der Waals surface area contributed by atoms with Gasteiger partial charge in [-0.15, -0.1) is 11.3 Å². The lowest BCUT2D eigenvalue weighted by atomic mass is 10.2. The van der Waals surface area contributed by atoms with Gasteiger partial charge in [0.2, 0.25) is 5.91 Å². The average molecular weight is 277 g/mol. The van der Waals surface area contributed by atoms with E-state index in [0.29, 0.717) is 6.42 Å². The molecule has 0 bridgehead atoms. The number of hydrogen-bond donors (Lipinski definition) is 1. The summed E-state index contributed by atoms with van der Waals surface area (Å²) in [6.07, 6.45) is -0.891. The second-order valence-electron chi connectivity index (χ2n) is 3.89. The molecule has 0 spiro atoms. The van der Waals surface area contributed by atoms with Crippen LogP contribution in [0.2, 0.25) is 0 Å². The Balaban J connectivity index is 2.31.